The standard InChI is InChI=1S/C7H19N3O/c1-5(8)6(9)3-2-4-7(10)11/h5-7,11H,2-4,8-10H2,1H3. The molecule has 0 aromatic heterocycles. The van der Waals surface area contributed by atoms with Crippen LogP contribution in [0.3, 0.4) is 0 Å². The fraction of sp³-hybridized carbons (Fsp3) is 1.00. The van der Waals surface area contributed by atoms with E-state index in [0.717, 1.165) is 12.8 Å². The monoisotopic (exact) mass is 161 g/mol. The number of rotatable bonds is 5. The minimum Gasteiger partial charge on any atom is -0.379 e. The van der Waals surface area contributed by atoms with E-state index in [1.165, 1.54) is 0 Å². The van der Waals surface area contributed by atoms with E-state index >= 15 is 0 Å². The third-order valence-electron chi connectivity index (χ3n) is 1.71. The lowest BCUT2D eigenvalue weighted by atomic mass is 10.0. The van der Waals surface area contributed by atoms with Gasteiger partial charge in [-0.2, -0.15) is 0 Å². The van der Waals surface area contributed by atoms with Gasteiger partial charge >= 0.3 is 0 Å². The molecule has 0 aliphatic heterocycles. The van der Waals surface area contributed by atoms with E-state index in [4.69, 9.17) is 22.3 Å². The van der Waals surface area contributed by atoms with Crippen LogP contribution < -0.4 is 17.2 Å². The van der Waals surface area contributed by atoms with Crippen molar-refractivity contribution < 1.29 is 5.11 Å². The van der Waals surface area contributed by atoms with Gasteiger partial charge in [0.15, 0.2) is 0 Å². The van der Waals surface area contributed by atoms with E-state index in [1.807, 2.05) is 6.92 Å². The zero-order valence-corrected chi connectivity index (χ0v) is 7.03. The van der Waals surface area contributed by atoms with Gasteiger partial charge in [0.25, 0.3) is 0 Å². The molecule has 0 aliphatic carbocycles. The van der Waals surface area contributed by atoms with Gasteiger partial charge in [0.1, 0.15) is 6.23 Å². The van der Waals surface area contributed by atoms with Crippen molar-refractivity contribution >= 4 is 0 Å². The lowest BCUT2D eigenvalue weighted by molar-refractivity contribution is 0.167. The van der Waals surface area contributed by atoms with Gasteiger partial charge in [-0.1, -0.05) is 0 Å². The van der Waals surface area contributed by atoms with Gasteiger partial charge in [-0.3, -0.25) is 0 Å². The number of aliphatic hydroxyl groups excluding tert-OH is 1. The minimum atomic E-state index is -0.713. The van der Waals surface area contributed by atoms with E-state index in [2.05, 4.69) is 0 Å². The fourth-order valence-corrected chi connectivity index (χ4v) is 0.826. The molecule has 0 aromatic rings. The van der Waals surface area contributed by atoms with Crippen molar-refractivity contribution in [2.24, 2.45) is 17.2 Å². The maximum absolute atomic E-state index is 8.71. The van der Waals surface area contributed by atoms with Crippen LogP contribution in [0.1, 0.15) is 26.2 Å². The molecule has 0 heterocycles. The summed E-state index contributed by atoms with van der Waals surface area (Å²) in [6.07, 6.45) is 1.54. The molecule has 11 heavy (non-hydrogen) atoms. The van der Waals surface area contributed by atoms with Crippen LogP contribution in [0.25, 0.3) is 0 Å². The summed E-state index contributed by atoms with van der Waals surface area (Å²) in [6, 6.07) is 0.0404. The van der Waals surface area contributed by atoms with Crippen molar-refractivity contribution in [2.75, 3.05) is 0 Å². The van der Waals surface area contributed by atoms with Crippen molar-refractivity contribution in [3.8, 4) is 0 Å². The summed E-state index contributed by atoms with van der Waals surface area (Å²) in [5.74, 6) is 0. The topological polar surface area (TPSA) is 98.3 Å². The summed E-state index contributed by atoms with van der Waals surface area (Å²) in [4.78, 5) is 0. The highest BCUT2D eigenvalue weighted by Crippen LogP contribution is 2.01. The number of nitrogens with two attached hydrogens (primary N) is 3. The lowest BCUT2D eigenvalue weighted by Gasteiger charge is -2.15. The average Bonchev–Trinajstić information content (AvgIpc) is 1.86. The van der Waals surface area contributed by atoms with E-state index in [1.54, 1.807) is 0 Å². The maximum atomic E-state index is 8.71. The Morgan fingerprint density at radius 3 is 2.09 bits per heavy atom. The van der Waals surface area contributed by atoms with Crippen LogP contribution >= 0.6 is 0 Å². The Balaban J connectivity index is 3.24. The molecule has 0 saturated heterocycles. The van der Waals surface area contributed by atoms with E-state index in [0.29, 0.717) is 6.42 Å². The van der Waals surface area contributed by atoms with Crippen LogP contribution in [0.2, 0.25) is 0 Å². The summed E-state index contributed by atoms with van der Waals surface area (Å²) in [5, 5.41) is 8.71. The van der Waals surface area contributed by atoms with Crippen LogP contribution in [0, 0.1) is 0 Å². The Hall–Kier alpha value is -0.160. The highest BCUT2D eigenvalue weighted by atomic mass is 16.3. The van der Waals surface area contributed by atoms with Gasteiger partial charge in [-0.15, -0.1) is 0 Å². The molecule has 0 amide bonds. The number of hydrogen-bond donors (Lipinski definition) is 4. The first kappa shape index (κ1) is 10.8. The molecular formula is C7H19N3O. The quantitative estimate of drug-likeness (QED) is 0.393. The predicted octanol–water partition coefficient (Wildman–Crippen LogP) is -0.892. The highest BCUT2D eigenvalue weighted by molar-refractivity contribution is 4.71. The summed E-state index contributed by atoms with van der Waals surface area (Å²) in [7, 11) is 0. The maximum Gasteiger partial charge on any atom is 0.102 e. The zero-order valence-electron chi connectivity index (χ0n) is 7.03. The smallest absolute Gasteiger partial charge is 0.102 e. The Kier molecular flexibility index (Phi) is 5.41. The SMILES string of the molecule is CC(N)C(N)CCCC(N)O. The molecule has 0 spiro atoms. The van der Waals surface area contributed by atoms with Crippen LogP contribution in [-0.4, -0.2) is 23.4 Å². The van der Waals surface area contributed by atoms with Crippen molar-refractivity contribution in [3.63, 3.8) is 0 Å². The molecule has 3 unspecified atom stereocenters. The summed E-state index contributed by atoms with van der Waals surface area (Å²) in [6.45, 7) is 1.88. The average molecular weight is 161 g/mol. The van der Waals surface area contributed by atoms with Gasteiger partial charge in [0, 0.05) is 12.1 Å². The van der Waals surface area contributed by atoms with Gasteiger partial charge in [0.05, 0.1) is 0 Å². The first-order chi connectivity index (χ1) is 5.04. The molecule has 3 atom stereocenters. The second-order valence-corrected chi connectivity index (χ2v) is 3.02. The number of aliphatic hydroxyl groups is 1. The summed E-state index contributed by atoms with van der Waals surface area (Å²) in [5.41, 5.74) is 16.3. The van der Waals surface area contributed by atoms with E-state index in [-0.39, 0.29) is 12.1 Å². The van der Waals surface area contributed by atoms with Crippen LogP contribution in [-0.2, 0) is 0 Å². The molecule has 0 fully saturated rings. The largest absolute Gasteiger partial charge is 0.379 e. The molecule has 0 bridgehead atoms. The Bertz CT molecular complexity index is 95.7. The number of hydrogen-bond acceptors (Lipinski definition) is 4. The second kappa shape index (κ2) is 5.49. The van der Waals surface area contributed by atoms with Gasteiger partial charge < -0.3 is 22.3 Å². The summed E-state index contributed by atoms with van der Waals surface area (Å²) >= 11 is 0. The normalized spacial score (nSPS) is 19.4. The van der Waals surface area contributed by atoms with E-state index in [9.17, 15) is 0 Å². The van der Waals surface area contributed by atoms with Crippen LogP contribution in [0.4, 0.5) is 0 Å². The molecule has 68 valence electrons. The molecule has 4 heteroatoms. The molecule has 0 radical (unpaired) electrons. The molecule has 7 N–H and O–H groups in total. The van der Waals surface area contributed by atoms with Crippen molar-refractivity contribution in [2.45, 2.75) is 44.5 Å². The molecule has 0 saturated carbocycles. The highest BCUT2D eigenvalue weighted by Gasteiger charge is 2.07. The third-order valence-corrected chi connectivity index (χ3v) is 1.71. The Morgan fingerprint density at radius 1 is 1.18 bits per heavy atom. The Labute approximate surface area is 67.7 Å². The molecule has 0 rings (SSSR count). The minimum absolute atomic E-state index is 0.0184. The Morgan fingerprint density at radius 2 is 1.73 bits per heavy atom. The first-order valence-electron chi connectivity index (χ1n) is 3.99. The van der Waals surface area contributed by atoms with Crippen molar-refractivity contribution in [1.29, 1.82) is 0 Å². The van der Waals surface area contributed by atoms with E-state index < -0.39 is 6.23 Å². The third kappa shape index (κ3) is 6.25. The zero-order chi connectivity index (χ0) is 8.85. The van der Waals surface area contributed by atoms with Crippen LogP contribution in [0.5, 0.6) is 0 Å². The van der Waals surface area contributed by atoms with Crippen molar-refractivity contribution in [1.82, 2.24) is 0 Å². The van der Waals surface area contributed by atoms with Gasteiger partial charge in [-0.05, 0) is 26.2 Å². The molecule has 0 aliphatic rings. The molecule has 4 nitrogen and oxygen atoms in total. The first-order valence-corrected chi connectivity index (χ1v) is 3.99. The molecular weight excluding hydrogens is 142 g/mol. The summed E-state index contributed by atoms with van der Waals surface area (Å²) < 4.78 is 0. The molecule has 0 aromatic carbocycles. The van der Waals surface area contributed by atoms with Crippen LogP contribution in [0.15, 0.2) is 0 Å². The predicted molar refractivity (Wildman–Crippen MR) is 45.7 cm³/mol. The lowest BCUT2D eigenvalue weighted by Crippen LogP contribution is -2.39. The van der Waals surface area contributed by atoms with Gasteiger partial charge in [-0.25, -0.2) is 0 Å². The second-order valence-electron chi connectivity index (χ2n) is 3.02. The van der Waals surface area contributed by atoms with Crippen molar-refractivity contribution in [3.05, 3.63) is 0 Å². The fourth-order valence-electron chi connectivity index (χ4n) is 0.826. The van der Waals surface area contributed by atoms with Gasteiger partial charge in [0.2, 0.25) is 0 Å².